The third kappa shape index (κ3) is 1.52. The molecular weight excluding hydrogens is 262 g/mol. The SMILES string of the molecule is COc1ccc(C23CCCN2C(=O)c2ccccc23)cc1. The van der Waals surface area contributed by atoms with E-state index in [4.69, 9.17) is 4.74 Å². The maximum atomic E-state index is 12.7. The first-order valence-corrected chi connectivity index (χ1v) is 7.33. The Morgan fingerprint density at radius 1 is 1.10 bits per heavy atom. The van der Waals surface area contributed by atoms with Crippen LogP contribution < -0.4 is 4.74 Å². The van der Waals surface area contributed by atoms with Crippen molar-refractivity contribution in [2.75, 3.05) is 13.7 Å². The molecule has 1 unspecified atom stereocenters. The zero-order valence-corrected chi connectivity index (χ0v) is 12.0. The van der Waals surface area contributed by atoms with Crippen LogP contribution in [0.25, 0.3) is 0 Å². The van der Waals surface area contributed by atoms with E-state index in [0.29, 0.717) is 0 Å². The molecule has 1 atom stereocenters. The van der Waals surface area contributed by atoms with Crippen LogP contribution in [0.3, 0.4) is 0 Å². The minimum Gasteiger partial charge on any atom is -0.497 e. The van der Waals surface area contributed by atoms with Crippen molar-refractivity contribution in [2.45, 2.75) is 18.4 Å². The van der Waals surface area contributed by atoms with E-state index in [1.54, 1.807) is 7.11 Å². The van der Waals surface area contributed by atoms with E-state index in [-0.39, 0.29) is 11.4 Å². The van der Waals surface area contributed by atoms with E-state index in [9.17, 15) is 4.79 Å². The second-order valence-corrected chi connectivity index (χ2v) is 5.69. The standard InChI is InChI=1S/C18H17NO2/c1-21-14-9-7-13(8-10-14)18-11-4-12-19(18)17(20)15-5-2-3-6-16(15)18/h2-3,5-10H,4,11-12H2,1H3. The number of hydrogen-bond acceptors (Lipinski definition) is 2. The van der Waals surface area contributed by atoms with Crippen LogP contribution in [0.15, 0.2) is 48.5 Å². The minimum atomic E-state index is -0.278. The van der Waals surface area contributed by atoms with E-state index in [1.807, 2.05) is 35.2 Å². The molecule has 0 N–H and O–H groups in total. The van der Waals surface area contributed by atoms with Gasteiger partial charge in [0, 0.05) is 12.1 Å². The first kappa shape index (κ1) is 12.5. The van der Waals surface area contributed by atoms with Crippen molar-refractivity contribution in [3.63, 3.8) is 0 Å². The average Bonchev–Trinajstić information content (AvgIpc) is 3.08. The number of methoxy groups -OCH3 is 1. The fourth-order valence-corrected chi connectivity index (χ4v) is 3.87. The Bertz CT molecular complexity index is 707. The Balaban J connectivity index is 1.93. The number of fused-ring (bicyclic) bond motifs is 3. The van der Waals surface area contributed by atoms with E-state index in [2.05, 4.69) is 18.2 Å². The molecule has 2 aliphatic rings. The van der Waals surface area contributed by atoms with Crippen molar-refractivity contribution in [2.24, 2.45) is 0 Å². The zero-order valence-electron chi connectivity index (χ0n) is 12.0. The third-order valence-corrected chi connectivity index (χ3v) is 4.80. The number of carbonyl (C=O) groups is 1. The molecule has 1 saturated heterocycles. The van der Waals surface area contributed by atoms with Crippen molar-refractivity contribution in [3.8, 4) is 5.75 Å². The molecule has 4 rings (SSSR count). The fourth-order valence-electron chi connectivity index (χ4n) is 3.87. The molecule has 106 valence electrons. The summed E-state index contributed by atoms with van der Waals surface area (Å²) in [4.78, 5) is 14.7. The van der Waals surface area contributed by atoms with E-state index in [1.165, 1.54) is 5.56 Å². The molecule has 0 radical (unpaired) electrons. The van der Waals surface area contributed by atoms with Gasteiger partial charge < -0.3 is 9.64 Å². The van der Waals surface area contributed by atoms with Crippen molar-refractivity contribution in [1.29, 1.82) is 0 Å². The molecular formula is C18H17NO2. The third-order valence-electron chi connectivity index (χ3n) is 4.80. The van der Waals surface area contributed by atoms with Crippen molar-refractivity contribution >= 4 is 5.91 Å². The van der Waals surface area contributed by atoms with Crippen LogP contribution in [-0.2, 0) is 5.54 Å². The van der Waals surface area contributed by atoms with Gasteiger partial charge in [-0.05, 0) is 42.2 Å². The topological polar surface area (TPSA) is 29.5 Å². The molecule has 1 fully saturated rings. The Labute approximate surface area is 124 Å². The highest BCUT2D eigenvalue weighted by Gasteiger charge is 2.53. The molecule has 2 aliphatic heterocycles. The number of hydrogen-bond donors (Lipinski definition) is 0. The predicted octanol–water partition coefficient (Wildman–Crippen LogP) is 3.19. The highest BCUT2D eigenvalue weighted by Crippen LogP contribution is 2.50. The van der Waals surface area contributed by atoms with Gasteiger partial charge in [0.25, 0.3) is 5.91 Å². The molecule has 0 saturated carbocycles. The maximum Gasteiger partial charge on any atom is 0.255 e. The van der Waals surface area contributed by atoms with Crippen LogP contribution in [0.2, 0.25) is 0 Å². The van der Waals surface area contributed by atoms with Crippen molar-refractivity contribution in [1.82, 2.24) is 4.90 Å². The molecule has 21 heavy (non-hydrogen) atoms. The molecule has 1 amide bonds. The lowest BCUT2D eigenvalue weighted by Gasteiger charge is -2.33. The van der Waals surface area contributed by atoms with Gasteiger partial charge in [0.05, 0.1) is 12.6 Å². The van der Waals surface area contributed by atoms with Gasteiger partial charge in [0.15, 0.2) is 0 Å². The summed E-state index contributed by atoms with van der Waals surface area (Å²) in [6.07, 6.45) is 2.04. The second kappa shape index (κ2) is 4.35. The highest BCUT2D eigenvalue weighted by atomic mass is 16.5. The van der Waals surface area contributed by atoms with Gasteiger partial charge in [-0.3, -0.25) is 4.79 Å². The Morgan fingerprint density at radius 3 is 2.62 bits per heavy atom. The number of ether oxygens (including phenoxy) is 1. The molecule has 0 spiro atoms. The summed E-state index contributed by atoms with van der Waals surface area (Å²) in [7, 11) is 1.67. The number of rotatable bonds is 2. The van der Waals surface area contributed by atoms with Gasteiger partial charge in [-0.2, -0.15) is 0 Å². The second-order valence-electron chi connectivity index (χ2n) is 5.69. The Kier molecular flexibility index (Phi) is 2.58. The molecule has 2 aromatic carbocycles. The first-order valence-electron chi connectivity index (χ1n) is 7.33. The summed E-state index contributed by atoms with van der Waals surface area (Å²) in [6.45, 7) is 0.833. The quantitative estimate of drug-likeness (QED) is 0.845. The van der Waals surface area contributed by atoms with Crippen LogP contribution >= 0.6 is 0 Å². The van der Waals surface area contributed by atoms with Crippen LogP contribution in [0.1, 0.15) is 34.3 Å². The van der Waals surface area contributed by atoms with Gasteiger partial charge in [0.1, 0.15) is 5.75 Å². The van der Waals surface area contributed by atoms with E-state index in [0.717, 1.165) is 36.3 Å². The van der Waals surface area contributed by atoms with Gasteiger partial charge in [-0.15, -0.1) is 0 Å². The Hall–Kier alpha value is -2.29. The van der Waals surface area contributed by atoms with Crippen LogP contribution in [0, 0.1) is 0 Å². The highest BCUT2D eigenvalue weighted by molar-refractivity contribution is 6.01. The van der Waals surface area contributed by atoms with Gasteiger partial charge in [-0.1, -0.05) is 30.3 Å². The van der Waals surface area contributed by atoms with E-state index < -0.39 is 0 Å². The lowest BCUT2D eigenvalue weighted by atomic mass is 9.81. The molecule has 3 heteroatoms. The molecule has 3 nitrogen and oxygen atoms in total. The summed E-state index contributed by atoms with van der Waals surface area (Å²) in [5.41, 5.74) is 2.91. The van der Waals surface area contributed by atoms with Crippen LogP contribution in [-0.4, -0.2) is 24.5 Å². The largest absolute Gasteiger partial charge is 0.497 e. The molecule has 2 heterocycles. The van der Waals surface area contributed by atoms with Gasteiger partial charge in [0.2, 0.25) is 0 Å². The zero-order chi connectivity index (χ0) is 14.4. The maximum absolute atomic E-state index is 12.7. The predicted molar refractivity (Wildman–Crippen MR) is 80.5 cm³/mol. The summed E-state index contributed by atoms with van der Waals surface area (Å²) >= 11 is 0. The summed E-state index contributed by atoms with van der Waals surface area (Å²) in [5, 5.41) is 0. The lowest BCUT2D eigenvalue weighted by Crippen LogP contribution is -2.39. The fraction of sp³-hybridized carbons (Fsp3) is 0.278. The Morgan fingerprint density at radius 2 is 1.86 bits per heavy atom. The number of nitrogens with zero attached hydrogens (tertiary/aromatic N) is 1. The molecule has 0 bridgehead atoms. The van der Waals surface area contributed by atoms with Gasteiger partial charge >= 0.3 is 0 Å². The van der Waals surface area contributed by atoms with Gasteiger partial charge in [-0.25, -0.2) is 0 Å². The summed E-state index contributed by atoms with van der Waals surface area (Å²) in [5.74, 6) is 1.01. The number of carbonyl (C=O) groups excluding carboxylic acids is 1. The number of benzene rings is 2. The molecule has 0 aliphatic carbocycles. The minimum absolute atomic E-state index is 0.166. The van der Waals surface area contributed by atoms with Crippen LogP contribution in [0.4, 0.5) is 0 Å². The molecule has 2 aromatic rings. The van der Waals surface area contributed by atoms with E-state index >= 15 is 0 Å². The molecule has 0 aromatic heterocycles. The van der Waals surface area contributed by atoms with Crippen molar-refractivity contribution in [3.05, 3.63) is 65.2 Å². The summed E-state index contributed by atoms with van der Waals surface area (Å²) < 4.78 is 5.25. The monoisotopic (exact) mass is 279 g/mol. The summed E-state index contributed by atoms with van der Waals surface area (Å²) in [6, 6.07) is 16.2. The first-order chi connectivity index (χ1) is 10.3. The average molecular weight is 279 g/mol. The number of amides is 1. The van der Waals surface area contributed by atoms with Crippen LogP contribution in [0.5, 0.6) is 5.75 Å². The van der Waals surface area contributed by atoms with Crippen molar-refractivity contribution < 1.29 is 9.53 Å². The smallest absolute Gasteiger partial charge is 0.255 e. The lowest BCUT2D eigenvalue weighted by molar-refractivity contribution is 0.0711. The normalized spacial score (nSPS) is 23.1.